The van der Waals surface area contributed by atoms with Crippen molar-refractivity contribution in [3.05, 3.63) is 22.2 Å². The summed E-state index contributed by atoms with van der Waals surface area (Å²) in [5.74, 6) is 0.749. The summed E-state index contributed by atoms with van der Waals surface area (Å²) in [6.07, 6.45) is 0. The van der Waals surface area contributed by atoms with E-state index in [4.69, 9.17) is 55.9 Å². The molecule has 1 aromatic rings. The summed E-state index contributed by atoms with van der Waals surface area (Å²) in [5.41, 5.74) is 0. The van der Waals surface area contributed by atoms with Gasteiger partial charge < -0.3 is 9.47 Å². The quantitative estimate of drug-likeness (QED) is 0.659. The van der Waals surface area contributed by atoms with Crippen molar-refractivity contribution in [1.82, 2.24) is 0 Å². The van der Waals surface area contributed by atoms with Crippen molar-refractivity contribution >= 4 is 46.4 Å². The first-order valence-corrected chi connectivity index (χ1v) is 4.74. The number of benzene rings is 1. The third kappa shape index (κ3) is 1.77. The SMILES string of the molecule is Clc1cc2c(cc1Cl)OC(Cl)(Cl)O2. The molecule has 0 atom stereocenters. The minimum atomic E-state index is -1.68. The van der Waals surface area contributed by atoms with Crippen LogP contribution in [-0.2, 0) is 0 Å². The fourth-order valence-electron chi connectivity index (χ4n) is 0.947. The van der Waals surface area contributed by atoms with Gasteiger partial charge in [-0.15, -0.1) is 0 Å². The first-order chi connectivity index (χ1) is 5.98. The van der Waals surface area contributed by atoms with Crippen LogP contribution in [0.1, 0.15) is 0 Å². The Kier molecular flexibility index (Phi) is 2.19. The molecule has 0 aliphatic carbocycles. The monoisotopic (exact) mass is 258 g/mol. The van der Waals surface area contributed by atoms with Crippen LogP contribution in [0.15, 0.2) is 12.1 Å². The van der Waals surface area contributed by atoms with Crippen LogP contribution in [0.3, 0.4) is 0 Å². The molecule has 6 heteroatoms. The molecule has 13 heavy (non-hydrogen) atoms. The van der Waals surface area contributed by atoms with Gasteiger partial charge in [-0.25, -0.2) is 0 Å². The Morgan fingerprint density at radius 2 is 1.31 bits per heavy atom. The van der Waals surface area contributed by atoms with E-state index in [0.717, 1.165) is 0 Å². The van der Waals surface area contributed by atoms with E-state index in [1.807, 2.05) is 0 Å². The number of alkyl halides is 2. The molecule has 2 nitrogen and oxygen atoms in total. The number of ether oxygens (including phenoxy) is 2. The van der Waals surface area contributed by atoms with Gasteiger partial charge in [-0.2, -0.15) is 0 Å². The smallest absolute Gasteiger partial charge is 0.419 e. The standard InChI is InChI=1S/C7H2Cl4O2/c8-3-1-5-6(2-4(3)9)13-7(10,11)12-5/h1-2H. The fourth-order valence-corrected chi connectivity index (χ4v) is 1.59. The summed E-state index contributed by atoms with van der Waals surface area (Å²) in [4.78, 5) is 0. The van der Waals surface area contributed by atoms with Crippen molar-refractivity contribution in [1.29, 1.82) is 0 Å². The summed E-state index contributed by atoms with van der Waals surface area (Å²) in [7, 11) is 0. The Morgan fingerprint density at radius 3 is 1.69 bits per heavy atom. The first-order valence-electron chi connectivity index (χ1n) is 3.23. The number of rotatable bonds is 0. The second kappa shape index (κ2) is 2.99. The normalized spacial score (nSPS) is 17.5. The highest BCUT2D eigenvalue weighted by Gasteiger charge is 2.38. The Hall–Kier alpha value is -0.0200. The molecule has 0 fully saturated rings. The third-order valence-corrected chi connectivity index (χ3v) is 2.47. The number of hydrogen-bond acceptors (Lipinski definition) is 2. The molecule has 70 valence electrons. The van der Waals surface area contributed by atoms with Crippen LogP contribution in [0.5, 0.6) is 11.5 Å². The minimum absolute atomic E-state index is 0.357. The van der Waals surface area contributed by atoms with E-state index < -0.39 is 4.71 Å². The van der Waals surface area contributed by atoms with Crippen LogP contribution >= 0.6 is 46.4 Å². The number of halogens is 4. The predicted molar refractivity (Wildman–Crippen MR) is 52.2 cm³/mol. The minimum Gasteiger partial charge on any atom is -0.423 e. The second-order valence-electron chi connectivity index (χ2n) is 2.38. The molecule has 0 unspecified atom stereocenters. The fraction of sp³-hybridized carbons (Fsp3) is 0.143. The molecule has 0 radical (unpaired) electrons. The average molecular weight is 260 g/mol. The van der Waals surface area contributed by atoms with Crippen LogP contribution in [0, 0.1) is 0 Å². The van der Waals surface area contributed by atoms with Gasteiger partial charge in [0.15, 0.2) is 11.5 Å². The highest BCUT2D eigenvalue weighted by atomic mass is 35.5. The van der Waals surface area contributed by atoms with Gasteiger partial charge >= 0.3 is 4.71 Å². The average Bonchev–Trinajstić information content (AvgIpc) is 2.24. The lowest BCUT2D eigenvalue weighted by molar-refractivity contribution is 0.0849. The molecule has 0 bridgehead atoms. The van der Waals surface area contributed by atoms with E-state index in [9.17, 15) is 0 Å². The third-order valence-electron chi connectivity index (χ3n) is 1.44. The van der Waals surface area contributed by atoms with E-state index in [1.165, 1.54) is 12.1 Å². The zero-order valence-electron chi connectivity index (χ0n) is 5.98. The van der Waals surface area contributed by atoms with Crippen molar-refractivity contribution in [3.63, 3.8) is 0 Å². The molecular weight excluding hydrogens is 258 g/mol. The van der Waals surface area contributed by atoms with E-state index in [-0.39, 0.29) is 0 Å². The van der Waals surface area contributed by atoms with Crippen LogP contribution in [-0.4, -0.2) is 4.71 Å². The van der Waals surface area contributed by atoms with Gasteiger partial charge in [0.05, 0.1) is 10.0 Å². The highest BCUT2D eigenvalue weighted by Crippen LogP contribution is 2.46. The molecule has 0 spiro atoms. The molecule has 0 saturated heterocycles. The van der Waals surface area contributed by atoms with Crippen LogP contribution < -0.4 is 9.47 Å². The molecule has 1 aliphatic rings. The Balaban J connectivity index is 2.48. The maximum absolute atomic E-state index is 5.73. The molecule has 0 aromatic heterocycles. The first kappa shape index (κ1) is 9.53. The van der Waals surface area contributed by atoms with E-state index in [0.29, 0.717) is 21.5 Å². The van der Waals surface area contributed by atoms with Crippen molar-refractivity contribution in [2.24, 2.45) is 0 Å². The van der Waals surface area contributed by atoms with Gasteiger partial charge in [-0.05, 0) is 23.2 Å². The summed E-state index contributed by atoms with van der Waals surface area (Å²) in [6, 6.07) is 2.98. The Bertz CT molecular complexity index is 331. The number of fused-ring (bicyclic) bond motifs is 1. The van der Waals surface area contributed by atoms with E-state index >= 15 is 0 Å². The van der Waals surface area contributed by atoms with Crippen LogP contribution in [0.4, 0.5) is 0 Å². The van der Waals surface area contributed by atoms with E-state index in [1.54, 1.807) is 0 Å². The Morgan fingerprint density at radius 1 is 0.923 bits per heavy atom. The summed E-state index contributed by atoms with van der Waals surface area (Å²) < 4.78 is 8.31. The zero-order chi connectivity index (χ0) is 9.64. The lowest BCUT2D eigenvalue weighted by atomic mass is 10.3. The van der Waals surface area contributed by atoms with Gasteiger partial charge in [0.2, 0.25) is 0 Å². The number of hydrogen-bond donors (Lipinski definition) is 0. The molecule has 1 aliphatic heterocycles. The lowest BCUT2D eigenvalue weighted by Crippen LogP contribution is -2.22. The molecular formula is C7H2Cl4O2. The second-order valence-corrected chi connectivity index (χ2v) is 4.38. The molecule has 1 aromatic carbocycles. The summed E-state index contributed by atoms with van der Waals surface area (Å²) in [5, 5.41) is 0.713. The summed E-state index contributed by atoms with van der Waals surface area (Å²) >= 11 is 22.6. The van der Waals surface area contributed by atoms with Crippen molar-refractivity contribution in [3.8, 4) is 11.5 Å². The van der Waals surface area contributed by atoms with Crippen molar-refractivity contribution in [2.45, 2.75) is 4.71 Å². The van der Waals surface area contributed by atoms with Gasteiger partial charge in [-0.1, -0.05) is 23.2 Å². The predicted octanol–water partition coefficient (Wildman–Crippen LogP) is 3.85. The van der Waals surface area contributed by atoms with Gasteiger partial charge in [0.25, 0.3) is 0 Å². The Labute approximate surface area is 94.2 Å². The maximum atomic E-state index is 5.73. The summed E-state index contributed by atoms with van der Waals surface area (Å²) in [6.45, 7) is 0. The molecule has 2 rings (SSSR count). The lowest BCUT2D eigenvalue weighted by Gasteiger charge is -2.09. The van der Waals surface area contributed by atoms with Crippen LogP contribution in [0.25, 0.3) is 0 Å². The van der Waals surface area contributed by atoms with E-state index in [2.05, 4.69) is 0 Å². The van der Waals surface area contributed by atoms with Crippen LogP contribution in [0.2, 0.25) is 10.0 Å². The van der Waals surface area contributed by atoms with Gasteiger partial charge in [0, 0.05) is 12.1 Å². The molecule has 0 N–H and O–H groups in total. The van der Waals surface area contributed by atoms with Gasteiger partial charge in [0.1, 0.15) is 0 Å². The largest absolute Gasteiger partial charge is 0.423 e. The molecule has 1 heterocycles. The topological polar surface area (TPSA) is 18.5 Å². The maximum Gasteiger partial charge on any atom is 0.419 e. The molecule has 0 saturated carbocycles. The molecule has 0 amide bonds. The zero-order valence-corrected chi connectivity index (χ0v) is 9.01. The highest BCUT2D eigenvalue weighted by molar-refractivity contribution is 6.46. The van der Waals surface area contributed by atoms with Crippen molar-refractivity contribution < 1.29 is 9.47 Å². The van der Waals surface area contributed by atoms with Crippen molar-refractivity contribution in [2.75, 3.05) is 0 Å². The van der Waals surface area contributed by atoms with Gasteiger partial charge in [-0.3, -0.25) is 0 Å².